The smallest absolute Gasteiger partial charge is 0.343 e. The van der Waals surface area contributed by atoms with Crippen molar-refractivity contribution in [1.29, 1.82) is 0 Å². The lowest BCUT2D eigenvalue weighted by Crippen LogP contribution is -2.32. The fourth-order valence-electron chi connectivity index (χ4n) is 3.14. The van der Waals surface area contributed by atoms with Crippen molar-refractivity contribution in [2.75, 3.05) is 5.06 Å². The Balaban J connectivity index is 1.85. The van der Waals surface area contributed by atoms with E-state index in [1.54, 1.807) is 48.5 Å². The number of hydrogen-bond acceptors (Lipinski definition) is 6. The van der Waals surface area contributed by atoms with E-state index in [4.69, 9.17) is 26.9 Å². The average Bonchev–Trinajstić information content (AvgIpc) is 3.24. The number of hydrogen-bond donors (Lipinski definition) is 3. The molecule has 0 saturated carbocycles. The van der Waals surface area contributed by atoms with Crippen molar-refractivity contribution < 1.29 is 22.8 Å². The zero-order valence-electron chi connectivity index (χ0n) is 16.8. The van der Waals surface area contributed by atoms with Gasteiger partial charge in [-0.1, -0.05) is 29.8 Å². The average molecular weight is 485 g/mol. The number of rotatable bonds is 5. The van der Waals surface area contributed by atoms with Crippen molar-refractivity contribution in [2.45, 2.75) is 4.90 Å². The third kappa shape index (κ3) is 4.73. The number of urea groups is 1. The van der Waals surface area contributed by atoms with Crippen LogP contribution in [0, 0.1) is 0 Å². The number of nitrogens with two attached hydrogens (primary N) is 2. The normalized spacial score (nSPS) is 11.4. The summed E-state index contributed by atoms with van der Waals surface area (Å²) in [6, 6.07) is 18.0. The second-order valence-electron chi connectivity index (χ2n) is 6.97. The van der Waals surface area contributed by atoms with Crippen LogP contribution in [0.1, 0.15) is 0 Å². The van der Waals surface area contributed by atoms with Crippen molar-refractivity contribution in [3.05, 3.63) is 77.8 Å². The monoisotopic (exact) mass is 484 g/mol. The maximum atomic E-state index is 11.6. The number of aromatic nitrogens is 1. The number of carbonyl (C=O) groups is 1. The van der Waals surface area contributed by atoms with E-state index in [1.165, 1.54) is 24.3 Å². The highest BCUT2D eigenvalue weighted by atomic mass is 35.5. The van der Waals surface area contributed by atoms with Gasteiger partial charge < -0.3 is 10.2 Å². The van der Waals surface area contributed by atoms with E-state index >= 15 is 0 Å². The summed E-state index contributed by atoms with van der Waals surface area (Å²) in [5.41, 5.74) is 7.43. The third-order valence-electron chi connectivity index (χ3n) is 4.74. The maximum absolute atomic E-state index is 11.6. The van der Waals surface area contributed by atoms with Crippen molar-refractivity contribution in [3.63, 3.8) is 0 Å². The van der Waals surface area contributed by atoms with Gasteiger partial charge in [-0.15, -0.1) is 0 Å². The summed E-state index contributed by atoms with van der Waals surface area (Å²) in [6.07, 6.45) is 0. The van der Waals surface area contributed by atoms with Crippen LogP contribution in [0.5, 0.6) is 0 Å². The molecule has 0 radical (unpaired) electrons. The van der Waals surface area contributed by atoms with E-state index in [-0.39, 0.29) is 16.5 Å². The molecule has 1 aromatic heterocycles. The van der Waals surface area contributed by atoms with Crippen molar-refractivity contribution in [2.24, 2.45) is 10.9 Å². The van der Waals surface area contributed by atoms with Crippen molar-refractivity contribution in [3.8, 4) is 34.0 Å². The van der Waals surface area contributed by atoms with Gasteiger partial charge in [0.1, 0.15) is 5.69 Å². The first-order valence-electron chi connectivity index (χ1n) is 9.42. The number of sulfonamides is 1. The number of oxazole rings is 1. The molecule has 0 aliphatic rings. The predicted octanol–water partition coefficient (Wildman–Crippen LogP) is 4.25. The molecule has 4 aromatic rings. The van der Waals surface area contributed by atoms with Gasteiger partial charge >= 0.3 is 6.03 Å². The van der Waals surface area contributed by atoms with E-state index in [2.05, 4.69) is 4.98 Å². The number of nitrogens with zero attached hydrogens (tertiary/aromatic N) is 2. The number of amides is 2. The van der Waals surface area contributed by atoms with E-state index in [0.29, 0.717) is 38.2 Å². The molecule has 1 heterocycles. The van der Waals surface area contributed by atoms with Crippen LogP contribution >= 0.6 is 11.6 Å². The Hall–Kier alpha value is -3.70. The van der Waals surface area contributed by atoms with Gasteiger partial charge in [0.25, 0.3) is 0 Å². The van der Waals surface area contributed by atoms with Gasteiger partial charge in [0.2, 0.25) is 15.9 Å². The molecule has 0 saturated heterocycles. The summed E-state index contributed by atoms with van der Waals surface area (Å²) in [5, 5.41) is 15.9. The molecular formula is C22H17ClN4O5S. The van der Waals surface area contributed by atoms with Crippen molar-refractivity contribution in [1.82, 2.24) is 4.98 Å². The van der Waals surface area contributed by atoms with E-state index in [1.807, 2.05) is 0 Å². The molecule has 0 spiro atoms. The van der Waals surface area contributed by atoms with E-state index in [0.717, 1.165) is 0 Å². The standard InChI is InChI=1S/C22H17ClN4O5S/c23-16-8-4-14(5-9-16)20-19(13-6-10-18(11-7-13)33(25,30)31)26-21(32-20)15-2-1-3-17(12-15)27(29)22(24)28/h1-12,29H,(H2,24,28)(H2,25,30,31). The van der Waals surface area contributed by atoms with Crippen LogP contribution in [-0.2, 0) is 10.0 Å². The highest BCUT2D eigenvalue weighted by Gasteiger charge is 2.20. The molecule has 11 heteroatoms. The number of primary sulfonamides is 1. The molecule has 168 valence electrons. The molecule has 33 heavy (non-hydrogen) atoms. The number of halogens is 1. The Morgan fingerprint density at radius 3 is 2.21 bits per heavy atom. The Bertz CT molecular complexity index is 1430. The zero-order valence-corrected chi connectivity index (χ0v) is 18.4. The number of anilines is 1. The number of carbonyl (C=O) groups excluding carboxylic acids is 1. The molecular weight excluding hydrogens is 468 g/mol. The minimum absolute atomic E-state index is 0.0369. The Labute approximate surface area is 193 Å². The van der Waals surface area contributed by atoms with E-state index in [9.17, 15) is 18.4 Å². The van der Waals surface area contributed by atoms with Crippen LogP contribution in [-0.4, -0.2) is 24.6 Å². The summed E-state index contributed by atoms with van der Waals surface area (Å²) in [4.78, 5) is 15.9. The fourth-order valence-corrected chi connectivity index (χ4v) is 3.78. The molecule has 3 aromatic carbocycles. The minimum atomic E-state index is -3.85. The molecule has 0 bridgehead atoms. The SMILES string of the molecule is NC(=O)N(O)c1cccc(-c2nc(-c3ccc(S(N)(=O)=O)cc3)c(-c3ccc(Cl)cc3)o2)c1. The molecule has 4 rings (SSSR count). The van der Waals surface area contributed by atoms with Crippen LogP contribution in [0.25, 0.3) is 34.0 Å². The second kappa shape index (κ2) is 8.68. The van der Waals surface area contributed by atoms with Gasteiger partial charge in [0.05, 0.1) is 10.6 Å². The van der Waals surface area contributed by atoms with E-state index < -0.39 is 16.1 Å². The summed E-state index contributed by atoms with van der Waals surface area (Å²) in [7, 11) is -3.85. The Morgan fingerprint density at radius 2 is 1.61 bits per heavy atom. The first-order chi connectivity index (χ1) is 15.6. The highest BCUT2D eigenvalue weighted by Crippen LogP contribution is 2.37. The second-order valence-corrected chi connectivity index (χ2v) is 8.97. The molecule has 0 aliphatic heterocycles. The summed E-state index contributed by atoms with van der Waals surface area (Å²) >= 11 is 6.01. The number of hydroxylamine groups is 1. The molecule has 2 amide bonds. The van der Waals surface area contributed by atoms with Gasteiger partial charge in [-0.05, 0) is 54.6 Å². The minimum Gasteiger partial charge on any atom is -0.435 e. The van der Waals surface area contributed by atoms with Gasteiger partial charge in [-0.2, -0.15) is 5.06 Å². The summed E-state index contributed by atoms with van der Waals surface area (Å²) in [5.74, 6) is 0.608. The zero-order chi connectivity index (χ0) is 23.8. The van der Waals surface area contributed by atoms with Gasteiger partial charge in [0, 0.05) is 21.7 Å². The largest absolute Gasteiger partial charge is 0.435 e. The molecule has 5 N–H and O–H groups in total. The van der Waals surface area contributed by atoms with Crippen LogP contribution in [0.2, 0.25) is 5.02 Å². The lowest BCUT2D eigenvalue weighted by Gasteiger charge is -2.12. The van der Waals surface area contributed by atoms with Crippen molar-refractivity contribution >= 4 is 33.3 Å². The molecule has 0 fully saturated rings. The third-order valence-corrected chi connectivity index (χ3v) is 5.92. The van der Waals surface area contributed by atoms with Crippen LogP contribution in [0.4, 0.5) is 10.5 Å². The van der Waals surface area contributed by atoms with Gasteiger partial charge in [0.15, 0.2) is 5.76 Å². The first kappa shape index (κ1) is 22.5. The number of benzene rings is 3. The van der Waals surface area contributed by atoms with Crippen LogP contribution in [0.3, 0.4) is 0 Å². The fraction of sp³-hybridized carbons (Fsp3) is 0. The van der Waals surface area contributed by atoms with Gasteiger partial charge in [-0.25, -0.2) is 23.3 Å². The summed E-state index contributed by atoms with van der Waals surface area (Å²) < 4.78 is 29.3. The number of primary amides is 1. The van der Waals surface area contributed by atoms with Crippen LogP contribution in [0.15, 0.2) is 82.1 Å². The van der Waals surface area contributed by atoms with Crippen LogP contribution < -0.4 is 15.9 Å². The lowest BCUT2D eigenvalue weighted by molar-refractivity contribution is 0.212. The van der Waals surface area contributed by atoms with Gasteiger partial charge in [-0.3, -0.25) is 5.21 Å². The Morgan fingerprint density at radius 1 is 0.970 bits per heavy atom. The topological polar surface area (TPSA) is 153 Å². The molecule has 0 unspecified atom stereocenters. The first-order valence-corrected chi connectivity index (χ1v) is 11.3. The predicted molar refractivity (Wildman–Crippen MR) is 123 cm³/mol. The lowest BCUT2D eigenvalue weighted by atomic mass is 10.1. The molecule has 0 aliphatic carbocycles. The summed E-state index contributed by atoms with van der Waals surface area (Å²) in [6.45, 7) is 0. The maximum Gasteiger partial charge on any atom is 0.343 e. The molecule has 9 nitrogen and oxygen atoms in total. The molecule has 0 atom stereocenters. The highest BCUT2D eigenvalue weighted by molar-refractivity contribution is 7.89. The Kier molecular flexibility index (Phi) is 5.91. The quantitative estimate of drug-likeness (QED) is 0.284.